The molecule has 0 aliphatic heterocycles. The van der Waals surface area contributed by atoms with Crippen molar-refractivity contribution in [3.63, 3.8) is 0 Å². The van der Waals surface area contributed by atoms with Gasteiger partial charge in [-0.2, -0.15) is 10.2 Å². The number of para-hydroxylation sites is 4. The van der Waals surface area contributed by atoms with Crippen molar-refractivity contribution >= 4 is 34.0 Å². The van der Waals surface area contributed by atoms with Gasteiger partial charge in [0, 0.05) is 37.9 Å². The lowest BCUT2D eigenvalue weighted by Gasteiger charge is -2.07. The van der Waals surface area contributed by atoms with E-state index in [0.29, 0.717) is 0 Å². The molecule has 0 unspecified atom stereocenters. The second-order valence-corrected chi connectivity index (χ2v) is 12.1. The van der Waals surface area contributed by atoms with Gasteiger partial charge in [0.15, 0.2) is 0 Å². The van der Waals surface area contributed by atoms with Gasteiger partial charge in [-0.05, 0) is 58.7 Å². The third-order valence-corrected chi connectivity index (χ3v) is 8.17. The highest BCUT2D eigenvalue weighted by molar-refractivity contribution is 5.76. The van der Waals surface area contributed by atoms with E-state index in [4.69, 9.17) is 10.2 Å². The zero-order valence-corrected chi connectivity index (χ0v) is 28.4. The van der Waals surface area contributed by atoms with E-state index in [1.165, 1.54) is 33.3 Å². The molecule has 0 aliphatic rings. The third-order valence-electron chi connectivity index (χ3n) is 8.17. The highest BCUT2D eigenvalue weighted by Gasteiger charge is 2.05. The summed E-state index contributed by atoms with van der Waals surface area (Å²) in [5.74, 6) is -2.15. The quantitative estimate of drug-likeness (QED) is 0.154. The van der Waals surface area contributed by atoms with Crippen molar-refractivity contribution in [2.75, 3.05) is 0 Å². The number of hydrogen-bond acceptors (Lipinski definition) is 6. The van der Waals surface area contributed by atoms with Gasteiger partial charge in [0.25, 0.3) is 0 Å². The Bertz CT molecular complexity index is 2140. The first kappa shape index (κ1) is 35.0. The van der Waals surface area contributed by atoms with Gasteiger partial charge in [0.05, 0.1) is 60.7 Å². The van der Waals surface area contributed by atoms with Gasteiger partial charge in [0.2, 0.25) is 0 Å². The van der Waals surface area contributed by atoms with Gasteiger partial charge >= 0.3 is 11.9 Å². The molecule has 262 valence electrons. The maximum absolute atomic E-state index is 9.64. The van der Waals surface area contributed by atoms with Crippen LogP contribution in [0.15, 0.2) is 147 Å². The van der Waals surface area contributed by atoms with E-state index >= 15 is 0 Å². The minimum absolute atomic E-state index is 0.296. The molecular formula is C40H38N8O4. The summed E-state index contributed by atoms with van der Waals surface area (Å²) in [7, 11) is 0. The Labute approximate surface area is 299 Å². The van der Waals surface area contributed by atoms with Crippen LogP contribution in [0.25, 0.3) is 22.1 Å². The molecule has 0 aliphatic carbocycles. The molecule has 52 heavy (non-hydrogen) atoms. The molecule has 0 fully saturated rings. The summed E-state index contributed by atoms with van der Waals surface area (Å²) < 4.78 is 8.21. The summed E-state index contributed by atoms with van der Waals surface area (Å²) in [5.41, 5.74) is 9.47. The monoisotopic (exact) mass is 694 g/mol. The topological polar surface area (TPSA) is 146 Å². The predicted octanol–water partition coefficient (Wildman–Crippen LogP) is 6.59. The number of fused-ring (bicyclic) bond motifs is 2. The van der Waals surface area contributed by atoms with Crippen LogP contribution < -0.4 is 0 Å². The SMILES string of the molecule is O=C(O)CCC(=O)O.c1ccc2c(c1)ncn2Cc1ccc(Cn2cccn2)cc1.c1ccc2c(c1)ncn2Cc1ccc(Cn2cccn2)cc1. The summed E-state index contributed by atoms with van der Waals surface area (Å²) in [4.78, 5) is 28.1. The largest absolute Gasteiger partial charge is 0.481 e. The minimum atomic E-state index is -1.08. The predicted molar refractivity (Wildman–Crippen MR) is 198 cm³/mol. The molecule has 12 heteroatoms. The number of carboxylic acids is 2. The minimum Gasteiger partial charge on any atom is -0.481 e. The number of nitrogens with zero attached hydrogens (tertiary/aromatic N) is 8. The molecule has 4 aromatic heterocycles. The normalized spacial score (nSPS) is 10.7. The Balaban J connectivity index is 0.000000149. The lowest BCUT2D eigenvalue weighted by Crippen LogP contribution is -2.01. The number of aliphatic carboxylic acids is 2. The summed E-state index contributed by atoms with van der Waals surface area (Å²) in [5, 5.41) is 24.3. The van der Waals surface area contributed by atoms with Crippen LogP contribution in [0.5, 0.6) is 0 Å². The van der Waals surface area contributed by atoms with Gasteiger partial charge in [-0.15, -0.1) is 0 Å². The van der Waals surface area contributed by atoms with Crippen LogP contribution in [0.4, 0.5) is 0 Å². The summed E-state index contributed by atoms with van der Waals surface area (Å²) in [6, 6.07) is 37.7. The molecule has 2 N–H and O–H groups in total. The summed E-state index contributed by atoms with van der Waals surface area (Å²) in [6.07, 6.45) is 10.8. The van der Waals surface area contributed by atoms with Crippen molar-refractivity contribution in [3.05, 3.63) is 169 Å². The fraction of sp³-hybridized carbons (Fsp3) is 0.150. The van der Waals surface area contributed by atoms with E-state index in [1.54, 1.807) is 12.4 Å². The zero-order chi connectivity index (χ0) is 36.1. The fourth-order valence-corrected chi connectivity index (χ4v) is 5.54. The number of rotatable bonds is 11. The number of aromatic nitrogens is 8. The smallest absolute Gasteiger partial charge is 0.303 e. The van der Waals surface area contributed by atoms with Crippen LogP contribution in [0.2, 0.25) is 0 Å². The highest BCUT2D eigenvalue weighted by Crippen LogP contribution is 2.16. The van der Waals surface area contributed by atoms with Crippen molar-refractivity contribution in [1.82, 2.24) is 38.7 Å². The average molecular weight is 695 g/mol. The first-order chi connectivity index (χ1) is 25.4. The van der Waals surface area contributed by atoms with E-state index in [9.17, 15) is 9.59 Å². The van der Waals surface area contributed by atoms with Crippen molar-refractivity contribution < 1.29 is 19.8 Å². The molecule has 0 amide bonds. The molecule has 8 aromatic rings. The second kappa shape index (κ2) is 17.2. The summed E-state index contributed by atoms with van der Waals surface area (Å²) in [6.45, 7) is 3.29. The Morgan fingerprint density at radius 1 is 0.481 bits per heavy atom. The van der Waals surface area contributed by atoms with Gasteiger partial charge in [-0.1, -0.05) is 72.8 Å². The van der Waals surface area contributed by atoms with Crippen molar-refractivity contribution in [2.24, 2.45) is 0 Å². The maximum Gasteiger partial charge on any atom is 0.303 e. The molecule has 0 atom stereocenters. The second-order valence-electron chi connectivity index (χ2n) is 12.1. The van der Waals surface area contributed by atoms with E-state index in [-0.39, 0.29) is 12.8 Å². The Morgan fingerprint density at radius 3 is 1.19 bits per heavy atom. The van der Waals surface area contributed by atoms with Crippen LogP contribution in [-0.4, -0.2) is 60.8 Å². The Kier molecular flexibility index (Phi) is 11.6. The van der Waals surface area contributed by atoms with Gasteiger partial charge in [-0.3, -0.25) is 19.0 Å². The van der Waals surface area contributed by atoms with Crippen LogP contribution in [0, 0.1) is 0 Å². The first-order valence-electron chi connectivity index (χ1n) is 16.7. The Hall–Kier alpha value is -6.82. The van der Waals surface area contributed by atoms with Crippen LogP contribution in [0.1, 0.15) is 35.1 Å². The molecule has 8 rings (SSSR count). The molecule has 0 spiro atoms. The number of imidazole rings is 2. The molecule has 0 radical (unpaired) electrons. The molecule has 4 aromatic carbocycles. The van der Waals surface area contributed by atoms with E-state index < -0.39 is 11.9 Å². The number of hydrogen-bond donors (Lipinski definition) is 2. The third kappa shape index (κ3) is 9.88. The number of carboxylic acid groups (broad SMARTS) is 2. The molecule has 0 bridgehead atoms. The van der Waals surface area contributed by atoms with Crippen molar-refractivity contribution in [2.45, 2.75) is 39.0 Å². The molecule has 12 nitrogen and oxygen atoms in total. The fourth-order valence-electron chi connectivity index (χ4n) is 5.54. The standard InChI is InChI=1S/2C18H16N4.C4H6O4/c2*1-2-5-18-17(4-1)19-14-21(18)12-15-6-8-16(9-7-15)13-22-11-3-10-20-22;5-3(6)1-2-4(7)8/h2*1-11,14H,12-13H2;1-2H2,(H,5,6)(H,7,8). The molecule has 0 saturated carbocycles. The lowest BCUT2D eigenvalue weighted by molar-refractivity contribution is -0.143. The Morgan fingerprint density at radius 2 is 0.846 bits per heavy atom. The number of benzene rings is 4. The number of carbonyl (C=O) groups is 2. The summed E-state index contributed by atoms with van der Waals surface area (Å²) >= 11 is 0. The van der Waals surface area contributed by atoms with E-state index in [2.05, 4.69) is 90.0 Å². The van der Waals surface area contributed by atoms with Crippen LogP contribution in [0.3, 0.4) is 0 Å². The van der Waals surface area contributed by atoms with E-state index in [1.807, 2.05) is 82.9 Å². The highest BCUT2D eigenvalue weighted by atomic mass is 16.4. The van der Waals surface area contributed by atoms with Crippen LogP contribution in [-0.2, 0) is 35.8 Å². The van der Waals surface area contributed by atoms with Crippen molar-refractivity contribution in [3.8, 4) is 0 Å². The average Bonchev–Trinajstić information content (AvgIpc) is 4.00. The molecule has 0 saturated heterocycles. The van der Waals surface area contributed by atoms with Gasteiger partial charge in [0.1, 0.15) is 0 Å². The van der Waals surface area contributed by atoms with Crippen molar-refractivity contribution in [1.29, 1.82) is 0 Å². The van der Waals surface area contributed by atoms with Gasteiger partial charge in [-0.25, -0.2) is 9.97 Å². The van der Waals surface area contributed by atoms with Gasteiger partial charge < -0.3 is 19.3 Å². The van der Waals surface area contributed by atoms with Crippen LogP contribution >= 0.6 is 0 Å². The van der Waals surface area contributed by atoms with E-state index in [0.717, 1.165) is 37.2 Å². The molecule has 4 heterocycles. The lowest BCUT2D eigenvalue weighted by atomic mass is 10.1. The zero-order valence-electron chi connectivity index (χ0n) is 28.4. The first-order valence-corrected chi connectivity index (χ1v) is 16.7. The maximum atomic E-state index is 9.64. The molecular weight excluding hydrogens is 656 g/mol.